The van der Waals surface area contributed by atoms with Crippen molar-refractivity contribution in [1.82, 2.24) is 5.32 Å². The van der Waals surface area contributed by atoms with Crippen molar-refractivity contribution in [1.29, 1.82) is 0 Å². The van der Waals surface area contributed by atoms with Crippen LogP contribution in [0.3, 0.4) is 0 Å². The zero-order valence-electron chi connectivity index (χ0n) is 13.2. The van der Waals surface area contributed by atoms with E-state index in [1.165, 1.54) is 43.4 Å². The first-order valence-corrected chi connectivity index (χ1v) is 9.14. The molecule has 0 aliphatic heterocycles. The van der Waals surface area contributed by atoms with Crippen molar-refractivity contribution in [3.63, 3.8) is 0 Å². The normalized spacial score (nSPS) is 26.6. The van der Waals surface area contributed by atoms with E-state index in [-0.39, 0.29) is 0 Å². The molecule has 1 aliphatic rings. The molecule has 1 aromatic carbocycles. The van der Waals surface area contributed by atoms with Crippen LogP contribution in [-0.2, 0) is 5.75 Å². The van der Waals surface area contributed by atoms with Gasteiger partial charge < -0.3 is 5.32 Å². The van der Waals surface area contributed by atoms with Crippen LogP contribution in [0.2, 0.25) is 0 Å². The lowest BCUT2D eigenvalue weighted by Crippen LogP contribution is -2.42. The highest BCUT2D eigenvalue weighted by Crippen LogP contribution is 2.34. The second-order valence-electron chi connectivity index (χ2n) is 6.32. The number of benzene rings is 1. The second kappa shape index (κ2) is 8.09. The van der Waals surface area contributed by atoms with Crippen LogP contribution in [0.5, 0.6) is 0 Å². The highest BCUT2D eigenvalue weighted by atomic mass is 32.2. The number of aryl methyl sites for hydroxylation is 1. The third kappa shape index (κ3) is 4.82. The predicted octanol–water partition coefficient (Wildman–Crippen LogP) is 4.79. The summed E-state index contributed by atoms with van der Waals surface area (Å²) in [4.78, 5) is 0. The SMILES string of the molecule is CCCNC1CCC(C)CC1SCc1cccc(C)c1. The number of hydrogen-bond donors (Lipinski definition) is 1. The monoisotopic (exact) mass is 291 g/mol. The van der Waals surface area contributed by atoms with Gasteiger partial charge in [-0.2, -0.15) is 11.8 Å². The van der Waals surface area contributed by atoms with Crippen molar-refractivity contribution in [2.24, 2.45) is 5.92 Å². The zero-order chi connectivity index (χ0) is 14.4. The topological polar surface area (TPSA) is 12.0 Å². The molecule has 1 saturated carbocycles. The molecule has 1 aromatic rings. The van der Waals surface area contributed by atoms with Gasteiger partial charge in [0.05, 0.1) is 0 Å². The molecule has 20 heavy (non-hydrogen) atoms. The van der Waals surface area contributed by atoms with Crippen molar-refractivity contribution < 1.29 is 0 Å². The Morgan fingerprint density at radius 1 is 1.30 bits per heavy atom. The summed E-state index contributed by atoms with van der Waals surface area (Å²) in [6, 6.07) is 9.68. The van der Waals surface area contributed by atoms with Gasteiger partial charge in [-0.1, -0.05) is 43.7 Å². The van der Waals surface area contributed by atoms with Gasteiger partial charge in [0, 0.05) is 17.0 Å². The van der Waals surface area contributed by atoms with Gasteiger partial charge in [-0.25, -0.2) is 0 Å². The van der Waals surface area contributed by atoms with E-state index in [9.17, 15) is 0 Å². The molecule has 0 radical (unpaired) electrons. The maximum atomic E-state index is 3.77. The van der Waals surface area contributed by atoms with Gasteiger partial charge in [0.25, 0.3) is 0 Å². The Balaban J connectivity index is 1.89. The van der Waals surface area contributed by atoms with E-state index in [1.807, 2.05) is 0 Å². The molecule has 0 spiro atoms. The van der Waals surface area contributed by atoms with Gasteiger partial charge in [0.15, 0.2) is 0 Å². The van der Waals surface area contributed by atoms with Crippen molar-refractivity contribution in [3.8, 4) is 0 Å². The molecular weight excluding hydrogens is 262 g/mol. The minimum Gasteiger partial charge on any atom is -0.313 e. The lowest BCUT2D eigenvalue weighted by molar-refractivity contribution is 0.317. The molecule has 0 bridgehead atoms. The van der Waals surface area contributed by atoms with Gasteiger partial charge in [-0.05, 0) is 50.6 Å². The number of thioether (sulfide) groups is 1. The predicted molar refractivity (Wildman–Crippen MR) is 91.4 cm³/mol. The molecule has 1 aliphatic carbocycles. The highest BCUT2D eigenvalue weighted by molar-refractivity contribution is 7.99. The average Bonchev–Trinajstić information content (AvgIpc) is 2.44. The third-order valence-electron chi connectivity index (χ3n) is 4.26. The molecule has 112 valence electrons. The van der Waals surface area contributed by atoms with Gasteiger partial charge in [-0.15, -0.1) is 0 Å². The van der Waals surface area contributed by atoms with E-state index in [0.717, 1.165) is 23.0 Å². The maximum Gasteiger partial charge on any atom is 0.0207 e. The first kappa shape index (κ1) is 15.9. The molecule has 1 nitrogen and oxygen atoms in total. The first-order chi connectivity index (χ1) is 9.69. The van der Waals surface area contributed by atoms with Gasteiger partial charge in [0.2, 0.25) is 0 Å². The summed E-state index contributed by atoms with van der Waals surface area (Å²) in [5, 5.41) is 4.55. The molecular formula is C18H29NS. The van der Waals surface area contributed by atoms with Crippen molar-refractivity contribution in [2.45, 2.75) is 63.5 Å². The smallest absolute Gasteiger partial charge is 0.0207 e. The van der Waals surface area contributed by atoms with E-state index in [4.69, 9.17) is 0 Å². The molecule has 0 amide bonds. The molecule has 0 heterocycles. The molecule has 3 unspecified atom stereocenters. The van der Waals surface area contributed by atoms with Crippen LogP contribution < -0.4 is 5.32 Å². The summed E-state index contributed by atoms with van der Waals surface area (Å²) in [6.45, 7) is 8.02. The first-order valence-electron chi connectivity index (χ1n) is 8.09. The fraction of sp³-hybridized carbons (Fsp3) is 0.667. The Morgan fingerprint density at radius 3 is 2.90 bits per heavy atom. The molecule has 2 heteroatoms. The largest absolute Gasteiger partial charge is 0.313 e. The Labute approximate surface area is 128 Å². The summed E-state index contributed by atoms with van der Waals surface area (Å²) < 4.78 is 0. The lowest BCUT2D eigenvalue weighted by atomic mass is 9.87. The van der Waals surface area contributed by atoms with E-state index in [0.29, 0.717) is 0 Å². The summed E-state index contributed by atoms with van der Waals surface area (Å²) in [5.74, 6) is 2.05. The second-order valence-corrected chi connectivity index (χ2v) is 7.54. The minimum atomic E-state index is 0.723. The van der Waals surface area contributed by atoms with Crippen molar-refractivity contribution in [2.75, 3.05) is 6.54 Å². The standard InChI is InChI=1S/C18H29NS/c1-4-10-19-17-9-8-15(3)12-18(17)20-13-16-7-5-6-14(2)11-16/h5-7,11,15,17-19H,4,8-10,12-13H2,1-3H3. The molecule has 1 fully saturated rings. The van der Waals surface area contributed by atoms with Crippen molar-refractivity contribution in [3.05, 3.63) is 35.4 Å². The molecule has 0 aromatic heterocycles. The Hall–Kier alpha value is -0.470. The van der Waals surface area contributed by atoms with Crippen LogP contribution in [0, 0.1) is 12.8 Å². The van der Waals surface area contributed by atoms with Crippen LogP contribution in [0.1, 0.15) is 50.7 Å². The fourth-order valence-electron chi connectivity index (χ4n) is 3.08. The van der Waals surface area contributed by atoms with Crippen LogP contribution in [0.15, 0.2) is 24.3 Å². The fourth-order valence-corrected chi connectivity index (χ4v) is 4.60. The number of rotatable bonds is 6. The summed E-state index contributed by atoms with van der Waals surface area (Å²) in [6.07, 6.45) is 5.36. The lowest BCUT2D eigenvalue weighted by Gasteiger charge is -2.35. The maximum absolute atomic E-state index is 3.77. The molecule has 3 atom stereocenters. The average molecular weight is 292 g/mol. The zero-order valence-corrected chi connectivity index (χ0v) is 14.0. The number of hydrogen-bond acceptors (Lipinski definition) is 2. The number of nitrogens with one attached hydrogen (secondary N) is 1. The third-order valence-corrected chi connectivity index (χ3v) is 5.71. The Morgan fingerprint density at radius 2 is 2.15 bits per heavy atom. The van der Waals surface area contributed by atoms with Gasteiger partial charge in [-0.3, -0.25) is 0 Å². The van der Waals surface area contributed by atoms with Gasteiger partial charge in [0.1, 0.15) is 0 Å². The minimum absolute atomic E-state index is 0.723. The van der Waals surface area contributed by atoms with Crippen LogP contribution in [0.4, 0.5) is 0 Å². The van der Waals surface area contributed by atoms with Crippen molar-refractivity contribution >= 4 is 11.8 Å². The summed E-state index contributed by atoms with van der Waals surface area (Å²) >= 11 is 2.16. The van der Waals surface area contributed by atoms with Crippen LogP contribution >= 0.6 is 11.8 Å². The van der Waals surface area contributed by atoms with E-state index >= 15 is 0 Å². The Bertz CT molecular complexity index is 402. The summed E-state index contributed by atoms with van der Waals surface area (Å²) in [5.41, 5.74) is 2.85. The van der Waals surface area contributed by atoms with E-state index in [2.05, 4.69) is 62.1 Å². The molecule has 2 rings (SSSR count). The molecule has 0 saturated heterocycles. The summed E-state index contributed by atoms with van der Waals surface area (Å²) in [7, 11) is 0. The quantitative estimate of drug-likeness (QED) is 0.809. The Kier molecular flexibility index (Phi) is 6.44. The van der Waals surface area contributed by atoms with Gasteiger partial charge >= 0.3 is 0 Å². The van der Waals surface area contributed by atoms with Crippen LogP contribution in [0.25, 0.3) is 0 Å². The highest BCUT2D eigenvalue weighted by Gasteiger charge is 2.28. The molecule has 1 N–H and O–H groups in total. The van der Waals surface area contributed by atoms with E-state index < -0.39 is 0 Å². The van der Waals surface area contributed by atoms with Crippen LogP contribution in [-0.4, -0.2) is 17.8 Å². The van der Waals surface area contributed by atoms with E-state index in [1.54, 1.807) is 0 Å².